The van der Waals surface area contributed by atoms with Crippen LogP contribution in [0.15, 0.2) is 22.7 Å². The molecule has 1 aromatic carbocycles. The molecule has 0 unspecified atom stereocenters. The predicted octanol–water partition coefficient (Wildman–Crippen LogP) is 3.68. The van der Waals surface area contributed by atoms with Crippen LogP contribution < -0.4 is 9.47 Å². The van der Waals surface area contributed by atoms with E-state index in [0.717, 1.165) is 6.07 Å². The van der Waals surface area contributed by atoms with Crippen LogP contribution in [0.5, 0.6) is 11.5 Å². The molecule has 0 aliphatic carbocycles. The van der Waals surface area contributed by atoms with Crippen molar-refractivity contribution in [2.45, 2.75) is 19.2 Å². The number of methoxy groups -OCH3 is 1. The van der Waals surface area contributed by atoms with Crippen molar-refractivity contribution in [1.29, 1.82) is 0 Å². The molecule has 20 heavy (non-hydrogen) atoms. The molecule has 0 atom stereocenters. The maximum atomic E-state index is 12.1. The zero-order valence-electron chi connectivity index (χ0n) is 10.5. The van der Waals surface area contributed by atoms with Gasteiger partial charge in [-0.15, -0.1) is 13.2 Å². The molecule has 0 N–H and O–H groups in total. The molecule has 0 spiro atoms. The Balaban J connectivity index is 2.49. The first-order valence-corrected chi connectivity index (χ1v) is 6.36. The molecule has 1 rings (SSSR count). The highest BCUT2D eigenvalue weighted by molar-refractivity contribution is 9.10. The van der Waals surface area contributed by atoms with Crippen LogP contribution >= 0.6 is 15.9 Å². The Morgan fingerprint density at radius 3 is 2.60 bits per heavy atom. The van der Waals surface area contributed by atoms with E-state index in [9.17, 15) is 18.0 Å². The lowest BCUT2D eigenvalue weighted by Crippen LogP contribution is -2.17. The van der Waals surface area contributed by atoms with Crippen molar-refractivity contribution in [3.05, 3.63) is 22.7 Å². The Hall–Kier alpha value is -1.44. The highest BCUT2D eigenvalue weighted by Gasteiger charge is 2.31. The summed E-state index contributed by atoms with van der Waals surface area (Å²) >= 11 is 2.96. The third-order valence-electron chi connectivity index (χ3n) is 2.15. The number of hydrogen-bond donors (Lipinski definition) is 0. The molecule has 0 heterocycles. The van der Waals surface area contributed by atoms with Gasteiger partial charge in [-0.3, -0.25) is 4.79 Å². The molecular formula is C12H12BrF3O4. The molecule has 8 heteroatoms. The first kappa shape index (κ1) is 16.6. The van der Waals surface area contributed by atoms with E-state index in [1.165, 1.54) is 19.2 Å². The van der Waals surface area contributed by atoms with E-state index in [4.69, 9.17) is 4.74 Å². The maximum Gasteiger partial charge on any atom is 0.573 e. The smallest absolute Gasteiger partial charge is 0.494 e. The van der Waals surface area contributed by atoms with Crippen molar-refractivity contribution in [1.82, 2.24) is 0 Å². The van der Waals surface area contributed by atoms with Gasteiger partial charge in [-0.05, 0) is 40.5 Å². The molecule has 0 aliphatic heterocycles. The van der Waals surface area contributed by atoms with Gasteiger partial charge >= 0.3 is 12.3 Å². The number of hydrogen-bond acceptors (Lipinski definition) is 4. The average molecular weight is 357 g/mol. The van der Waals surface area contributed by atoms with E-state index in [2.05, 4.69) is 25.4 Å². The summed E-state index contributed by atoms with van der Waals surface area (Å²) in [6, 6.07) is 3.86. The zero-order chi connectivity index (χ0) is 15.2. The van der Waals surface area contributed by atoms with Crippen LogP contribution in [0.1, 0.15) is 12.8 Å². The van der Waals surface area contributed by atoms with Gasteiger partial charge < -0.3 is 14.2 Å². The summed E-state index contributed by atoms with van der Waals surface area (Å²) in [7, 11) is 1.29. The number of carbonyl (C=O) groups excluding carboxylic acids is 1. The summed E-state index contributed by atoms with van der Waals surface area (Å²) in [6.07, 6.45) is -4.08. The van der Waals surface area contributed by atoms with Gasteiger partial charge in [0, 0.05) is 6.42 Å². The summed E-state index contributed by atoms with van der Waals surface area (Å²) in [5.74, 6) is -0.320. The maximum absolute atomic E-state index is 12.1. The lowest BCUT2D eigenvalue weighted by molar-refractivity contribution is -0.274. The summed E-state index contributed by atoms with van der Waals surface area (Å²) in [5, 5.41) is 0. The van der Waals surface area contributed by atoms with E-state index in [-0.39, 0.29) is 29.2 Å². The van der Waals surface area contributed by atoms with Crippen molar-refractivity contribution in [3.63, 3.8) is 0 Å². The third kappa shape index (κ3) is 6.14. The van der Waals surface area contributed by atoms with Crippen molar-refractivity contribution in [2.24, 2.45) is 0 Å². The monoisotopic (exact) mass is 356 g/mol. The normalized spacial score (nSPS) is 11.1. The van der Waals surface area contributed by atoms with Crippen LogP contribution in [-0.2, 0) is 9.53 Å². The van der Waals surface area contributed by atoms with Gasteiger partial charge in [0.15, 0.2) is 0 Å². The van der Waals surface area contributed by atoms with E-state index >= 15 is 0 Å². The number of carbonyl (C=O) groups is 1. The van der Waals surface area contributed by atoms with Crippen LogP contribution in [0.4, 0.5) is 13.2 Å². The first-order chi connectivity index (χ1) is 9.31. The second kappa shape index (κ2) is 7.37. The van der Waals surface area contributed by atoms with Crippen LogP contribution in [0.2, 0.25) is 0 Å². The average Bonchev–Trinajstić information content (AvgIpc) is 2.36. The molecule has 0 amide bonds. The van der Waals surface area contributed by atoms with Crippen molar-refractivity contribution < 1.29 is 32.2 Å². The Morgan fingerprint density at radius 1 is 1.35 bits per heavy atom. The number of halogens is 4. The molecule has 0 aromatic heterocycles. The van der Waals surface area contributed by atoms with Crippen molar-refractivity contribution in [2.75, 3.05) is 13.7 Å². The molecule has 0 fully saturated rings. The highest BCUT2D eigenvalue weighted by Crippen LogP contribution is 2.33. The highest BCUT2D eigenvalue weighted by atomic mass is 79.9. The lowest BCUT2D eigenvalue weighted by atomic mass is 10.3. The zero-order valence-corrected chi connectivity index (χ0v) is 12.1. The summed E-state index contributed by atoms with van der Waals surface area (Å²) in [6.45, 7) is 0.251. The topological polar surface area (TPSA) is 44.8 Å². The van der Waals surface area contributed by atoms with Crippen molar-refractivity contribution >= 4 is 21.9 Å². The molecular weight excluding hydrogens is 345 g/mol. The van der Waals surface area contributed by atoms with Gasteiger partial charge in [0.1, 0.15) is 11.5 Å². The van der Waals surface area contributed by atoms with Gasteiger partial charge in [0.25, 0.3) is 0 Å². The van der Waals surface area contributed by atoms with Gasteiger partial charge in [0.2, 0.25) is 0 Å². The Morgan fingerprint density at radius 2 is 2.05 bits per heavy atom. The summed E-state index contributed by atoms with van der Waals surface area (Å²) < 4.78 is 49.9. The number of alkyl halides is 3. The standard InChI is InChI=1S/C12H12BrF3O4/c1-18-11(17)3-2-6-19-8-4-5-10(9(13)7-8)20-12(14,15)16/h4-5,7H,2-3,6H2,1H3. The van der Waals surface area contributed by atoms with Gasteiger partial charge in [0.05, 0.1) is 18.2 Å². The second-order valence-electron chi connectivity index (χ2n) is 3.67. The summed E-state index contributed by atoms with van der Waals surface area (Å²) in [5.41, 5.74) is 0. The van der Waals surface area contributed by atoms with Gasteiger partial charge in [-0.1, -0.05) is 0 Å². The first-order valence-electron chi connectivity index (χ1n) is 5.57. The van der Waals surface area contributed by atoms with Crippen molar-refractivity contribution in [3.8, 4) is 11.5 Å². The van der Waals surface area contributed by atoms with Crippen LogP contribution in [-0.4, -0.2) is 26.0 Å². The minimum atomic E-state index is -4.74. The molecule has 0 saturated carbocycles. The number of benzene rings is 1. The van der Waals surface area contributed by atoms with Crippen LogP contribution in [0.3, 0.4) is 0 Å². The quantitative estimate of drug-likeness (QED) is 0.576. The SMILES string of the molecule is COC(=O)CCCOc1ccc(OC(F)(F)F)c(Br)c1. The predicted molar refractivity (Wildman–Crippen MR) is 67.6 cm³/mol. The largest absolute Gasteiger partial charge is 0.573 e. The Kier molecular flexibility index (Phi) is 6.12. The van der Waals surface area contributed by atoms with E-state index in [1.807, 2.05) is 0 Å². The second-order valence-corrected chi connectivity index (χ2v) is 4.52. The Bertz CT molecular complexity index is 463. The molecule has 1 aromatic rings. The molecule has 112 valence electrons. The molecule has 0 saturated heterocycles. The number of esters is 1. The third-order valence-corrected chi connectivity index (χ3v) is 2.77. The minimum Gasteiger partial charge on any atom is -0.494 e. The number of ether oxygens (including phenoxy) is 3. The van der Waals surface area contributed by atoms with E-state index in [0.29, 0.717) is 12.2 Å². The molecule has 0 aliphatic rings. The van der Waals surface area contributed by atoms with E-state index in [1.54, 1.807) is 0 Å². The van der Waals surface area contributed by atoms with Crippen LogP contribution in [0.25, 0.3) is 0 Å². The molecule has 0 bridgehead atoms. The minimum absolute atomic E-state index is 0.125. The van der Waals surface area contributed by atoms with E-state index < -0.39 is 6.36 Å². The van der Waals surface area contributed by atoms with Crippen LogP contribution in [0, 0.1) is 0 Å². The molecule has 0 radical (unpaired) electrons. The summed E-state index contributed by atoms with van der Waals surface area (Å²) in [4.78, 5) is 10.8. The van der Waals surface area contributed by atoms with Gasteiger partial charge in [-0.2, -0.15) is 0 Å². The number of rotatable bonds is 6. The Labute approximate surface area is 121 Å². The molecule has 4 nitrogen and oxygen atoms in total. The fraction of sp³-hybridized carbons (Fsp3) is 0.417. The fourth-order valence-electron chi connectivity index (χ4n) is 1.29. The lowest BCUT2D eigenvalue weighted by Gasteiger charge is -2.12. The fourth-order valence-corrected chi connectivity index (χ4v) is 1.73. The van der Waals surface area contributed by atoms with Gasteiger partial charge in [-0.25, -0.2) is 0 Å².